The Morgan fingerprint density at radius 1 is 0.886 bits per heavy atom. The number of rotatable bonds is 7. The summed E-state index contributed by atoms with van der Waals surface area (Å²) in [7, 11) is 0. The van der Waals surface area contributed by atoms with Gasteiger partial charge in [0.1, 0.15) is 12.4 Å². The Balaban J connectivity index is 1.36. The van der Waals surface area contributed by atoms with Crippen molar-refractivity contribution in [3.8, 4) is 5.75 Å². The molecule has 0 saturated carbocycles. The van der Waals surface area contributed by atoms with Crippen molar-refractivity contribution in [3.63, 3.8) is 0 Å². The van der Waals surface area contributed by atoms with E-state index in [0.717, 1.165) is 31.6 Å². The fraction of sp³-hybridized carbons (Fsp3) is 0.231. The smallest absolute Gasteiger partial charge is 0.416 e. The summed E-state index contributed by atoms with van der Waals surface area (Å²) >= 11 is 0. The highest BCUT2D eigenvalue weighted by molar-refractivity contribution is 6.07. The highest BCUT2D eigenvalue weighted by Gasteiger charge is 2.30. The molecule has 1 atom stereocenters. The minimum Gasteiger partial charge on any atom is -0.491 e. The number of anilines is 2. The zero-order valence-electron chi connectivity index (χ0n) is 18.6. The van der Waals surface area contributed by atoms with Crippen LogP contribution in [0.5, 0.6) is 5.75 Å². The molecule has 0 bridgehead atoms. The van der Waals surface area contributed by atoms with Gasteiger partial charge in [0.2, 0.25) is 0 Å². The maximum atomic E-state index is 12.9. The van der Waals surface area contributed by atoms with E-state index in [-0.39, 0.29) is 23.3 Å². The molecule has 3 aromatic carbocycles. The van der Waals surface area contributed by atoms with Crippen LogP contribution in [0, 0.1) is 0 Å². The Kier molecular flexibility index (Phi) is 7.36. The molecule has 182 valence electrons. The minimum atomic E-state index is -4.51. The SMILES string of the molecule is O=C(Nc1cccc(C(=O)Nc2cccc(C(F)(F)F)c2)c1)c1ccc(OCC2CCCO2)cc1. The van der Waals surface area contributed by atoms with E-state index in [1.54, 1.807) is 36.4 Å². The fourth-order valence-corrected chi connectivity index (χ4v) is 3.59. The fourth-order valence-electron chi connectivity index (χ4n) is 3.59. The van der Waals surface area contributed by atoms with Crippen molar-refractivity contribution in [2.45, 2.75) is 25.1 Å². The molecule has 0 aliphatic carbocycles. The molecule has 1 saturated heterocycles. The molecule has 35 heavy (non-hydrogen) atoms. The van der Waals surface area contributed by atoms with E-state index >= 15 is 0 Å². The maximum absolute atomic E-state index is 12.9. The van der Waals surface area contributed by atoms with Crippen molar-refractivity contribution in [2.24, 2.45) is 0 Å². The molecule has 1 unspecified atom stereocenters. The molecule has 2 N–H and O–H groups in total. The van der Waals surface area contributed by atoms with Gasteiger partial charge >= 0.3 is 6.18 Å². The highest BCUT2D eigenvalue weighted by atomic mass is 19.4. The third kappa shape index (κ3) is 6.60. The molecule has 4 rings (SSSR count). The van der Waals surface area contributed by atoms with Crippen LogP contribution < -0.4 is 15.4 Å². The molecule has 0 aromatic heterocycles. The van der Waals surface area contributed by atoms with Crippen LogP contribution >= 0.6 is 0 Å². The zero-order chi connectivity index (χ0) is 24.8. The molecule has 0 radical (unpaired) electrons. The first-order chi connectivity index (χ1) is 16.8. The van der Waals surface area contributed by atoms with Gasteiger partial charge in [-0.25, -0.2) is 0 Å². The third-order valence-corrected chi connectivity index (χ3v) is 5.41. The van der Waals surface area contributed by atoms with Crippen LogP contribution in [-0.4, -0.2) is 31.1 Å². The number of alkyl halides is 3. The van der Waals surface area contributed by atoms with Crippen LogP contribution in [0.3, 0.4) is 0 Å². The van der Waals surface area contributed by atoms with Crippen LogP contribution in [0.2, 0.25) is 0 Å². The van der Waals surface area contributed by atoms with Crippen molar-refractivity contribution < 1.29 is 32.2 Å². The maximum Gasteiger partial charge on any atom is 0.416 e. The average molecular weight is 484 g/mol. The Bertz CT molecular complexity index is 1190. The summed E-state index contributed by atoms with van der Waals surface area (Å²) < 4.78 is 49.9. The Hall–Kier alpha value is -3.85. The first-order valence-electron chi connectivity index (χ1n) is 11.0. The van der Waals surface area contributed by atoms with Gasteiger partial charge < -0.3 is 20.1 Å². The Morgan fingerprint density at radius 3 is 2.20 bits per heavy atom. The second-order valence-corrected chi connectivity index (χ2v) is 8.04. The first kappa shape index (κ1) is 24.3. The summed E-state index contributed by atoms with van der Waals surface area (Å²) in [6, 6.07) is 17.1. The van der Waals surface area contributed by atoms with Crippen molar-refractivity contribution in [1.82, 2.24) is 0 Å². The molecule has 9 heteroatoms. The van der Waals surface area contributed by atoms with E-state index in [2.05, 4.69) is 10.6 Å². The summed E-state index contributed by atoms with van der Waals surface area (Å²) in [6.45, 7) is 1.21. The van der Waals surface area contributed by atoms with Gasteiger partial charge in [0, 0.05) is 29.1 Å². The number of ether oxygens (including phenoxy) is 2. The van der Waals surface area contributed by atoms with Gasteiger partial charge in [-0.2, -0.15) is 13.2 Å². The first-order valence-corrected chi connectivity index (χ1v) is 11.0. The summed E-state index contributed by atoms with van der Waals surface area (Å²) in [4.78, 5) is 25.2. The second-order valence-electron chi connectivity index (χ2n) is 8.04. The number of hydrogen-bond donors (Lipinski definition) is 2. The van der Waals surface area contributed by atoms with Gasteiger partial charge in [-0.1, -0.05) is 12.1 Å². The Labute approximate surface area is 200 Å². The number of amides is 2. The molecule has 6 nitrogen and oxygen atoms in total. The van der Waals surface area contributed by atoms with E-state index in [4.69, 9.17) is 9.47 Å². The van der Waals surface area contributed by atoms with Gasteiger partial charge in [-0.05, 0) is 73.5 Å². The number of benzene rings is 3. The third-order valence-electron chi connectivity index (χ3n) is 5.41. The zero-order valence-corrected chi connectivity index (χ0v) is 18.6. The predicted molar refractivity (Wildman–Crippen MR) is 125 cm³/mol. The molecular formula is C26H23F3N2O4. The van der Waals surface area contributed by atoms with Gasteiger partial charge in [0.05, 0.1) is 11.7 Å². The highest BCUT2D eigenvalue weighted by Crippen LogP contribution is 2.30. The molecule has 1 aliphatic heterocycles. The summed E-state index contributed by atoms with van der Waals surface area (Å²) in [5.41, 5.74) is 0.0949. The average Bonchev–Trinajstić information content (AvgIpc) is 3.37. The van der Waals surface area contributed by atoms with Crippen LogP contribution in [0.15, 0.2) is 72.8 Å². The topological polar surface area (TPSA) is 76.7 Å². The van der Waals surface area contributed by atoms with Crippen LogP contribution in [-0.2, 0) is 10.9 Å². The van der Waals surface area contributed by atoms with Crippen LogP contribution in [0.4, 0.5) is 24.5 Å². The standard InChI is InChI=1S/C26H23F3N2O4/c27-26(28,29)19-5-2-7-21(15-19)31-25(33)18-4-1-6-20(14-18)30-24(32)17-9-11-22(12-10-17)35-16-23-8-3-13-34-23/h1-2,4-7,9-12,14-15,23H,3,8,13,16H2,(H,30,32)(H,31,33). The monoisotopic (exact) mass is 484 g/mol. The van der Waals surface area contributed by atoms with Crippen LogP contribution in [0.25, 0.3) is 0 Å². The number of halogens is 3. The lowest BCUT2D eigenvalue weighted by Crippen LogP contribution is -2.16. The molecule has 3 aromatic rings. The van der Waals surface area contributed by atoms with Gasteiger partial charge in [-0.15, -0.1) is 0 Å². The second kappa shape index (κ2) is 10.6. The quantitative estimate of drug-likeness (QED) is 0.447. The summed E-state index contributed by atoms with van der Waals surface area (Å²) in [5.74, 6) is -0.357. The van der Waals surface area contributed by atoms with Crippen molar-refractivity contribution in [3.05, 3.63) is 89.5 Å². The predicted octanol–water partition coefficient (Wildman–Crippen LogP) is 5.77. The molecular weight excluding hydrogens is 461 g/mol. The van der Waals surface area contributed by atoms with Gasteiger partial charge in [0.25, 0.3) is 11.8 Å². The van der Waals surface area contributed by atoms with Crippen molar-refractivity contribution in [2.75, 3.05) is 23.8 Å². The molecule has 1 heterocycles. The normalized spacial score (nSPS) is 15.5. The molecule has 0 spiro atoms. The van der Waals surface area contributed by atoms with E-state index in [1.807, 2.05) is 0 Å². The van der Waals surface area contributed by atoms with Crippen molar-refractivity contribution >= 4 is 23.2 Å². The number of hydrogen-bond acceptors (Lipinski definition) is 4. The summed E-state index contributed by atoms with van der Waals surface area (Å²) in [5, 5.41) is 5.16. The number of carbonyl (C=O) groups is 2. The van der Waals surface area contributed by atoms with E-state index in [0.29, 0.717) is 23.6 Å². The number of nitrogens with one attached hydrogen (secondary N) is 2. The molecule has 1 aliphatic rings. The van der Waals surface area contributed by atoms with Crippen molar-refractivity contribution in [1.29, 1.82) is 0 Å². The molecule has 1 fully saturated rings. The van der Waals surface area contributed by atoms with Crippen LogP contribution in [0.1, 0.15) is 39.1 Å². The minimum absolute atomic E-state index is 0.0149. The van der Waals surface area contributed by atoms with Gasteiger partial charge in [0.15, 0.2) is 0 Å². The van der Waals surface area contributed by atoms with E-state index < -0.39 is 17.6 Å². The summed E-state index contributed by atoms with van der Waals surface area (Å²) in [6.07, 6.45) is -2.42. The van der Waals surface area contributed by atoms with E-state index in [9.17, 15) is 22.8 Å². The Morgan fingerprint density at radius 2 is 1.54 bits per heavy atom. The largest absolute Gasteiger partial charge is 0.491 e. The lowest BCUT2D eigenvalue weighted by atomic mass is 10.1. The van der Waals surface area contributed by atoms with Gasteiger partial charge in [-0.3, -0.25) is 9.59 Å². The lowest BCUT2D eigenvalue weighted by molar-refractivity contribution is -0.137. The van der Waals surface area contributed by atoms with E-state index in [1.165, 1.54) is 24.3 Å². The lowest BCUT2D eigenvalue weighted by Gasteiger charge is -2.12. The molecule has 2 amide bonds. The number of carbonyl (C=O) groups excluding carboxylic acids is 2.